The second-order valence-corrected chi connectivity index (χ2v) is 6.35. The molecule has 4 nitrogen and oxygen atoms in total. The number of hydrogen-bond acceptors (Lipinski definition) is 6. The fourth-order valence-electron chi connectivity index (χ4n) is 1.64. The molecule has 0 fully saturated rings. The van der Waals surface area contributed by atoms with Crippen molar-refractivity contribution < 1.29 is 8.83 Å². The van der Waals surface area contributed by atoms with Gasteiger partial charge in [-0.15, -0.1) is 33.3 Å². The topological polar surface area (TPSA) is 52.1 Å². The number of nitrogens with zero attached hydrogens (tertiary/aromatic N) is 2. The van der Waals surface area contributed by atoms with E-state index in [1.165, 1.54) is 0 Å². The van der Waals surface area contributed by atoms with Crippen LogP contribution in [0.15, 0.2) is 43.6 Å². The van der Waals surface area contributed by atoms with Crippen LogP contribution in [0.3, 0.4) is 0 Å². The first-order chi connectivity index (χ1) is 9.24. The van der Waals surface area contributed by atoms with Gasteiger partial charge in [-0.2, -0.15) is 0 Å². The number of furan rings is 1. The van der Waals surface area contributed by atoms with Crippen molar-refractivity contribution in [3.05, 3.63) is 41.5 Å². The molecule has 0 unspecified atom stereocenters. The SMILES string of the molecule is Cc1occc1S[C@H](C)c1nnc(-c2cccs2)o1. The van der Waals surface area contributed by atoms with Crippen molar-refractivity contribution >= 4 is 23.1 Å². The van der Waals surface area contributed by atoms with Crippen LogP contribution >= 0.6 is 23.1 Å². The minimum absolute atomic E-state index is 0.0949. The van der Waals surface area contributed by atoms with Gasteiger partial charge in [0.05, 0.1) is 16.4 Å². The standard InChI is InChI=1S/C13H12N2O2S2/c1-8-10(5-6-16-8)19-9(2)12-14-15-13(17-12)11-4-3-7-18-11/h3-7,9H,1-2H3/t9-/m1/s1. The molecule has 98 valence electrons. The largest absolute Gasteiger partial charge is 0.468 e. The maximum Gasteiger partial charge on any atom is 0.257 e. The summed E-state index contributed by atoms with van der Waals surface area (Å²) < 4.78 is 11.0. The predicted molar refractivity (Wildman–Crippen MR) is 75.3 cm³/mol. The number of hydrogen-bond donors (Lipinski definition) is 0. The summed E-state index contributed by atoms with van der Waals surface area (Å²) in [5.41, 5.74) is 0. The van der Waals surface area contributed by atoms with Gasteiger partial charge in [-0.25, -0.2) is 0 Å². The van der Waals surface area contributed by atoms with Crippen molar-refractivity contribution in [2.75, 3.05) is 0 Å². The Morgan fingerprint density at radius 3 is 2.89 bits per heavy atom. The maximum absolute atomic E-state index is 5.72. The highest BCUT2D eigenvalue weighted by Gasteiger charge is 2.18. The first-order valence-electron chi connectivity index (χ1n) is 5.82. The Morgan fingerprint density at radius 2 is 2.21 bits per heavy atom. The van der Waals surface area contributed by atoms with E-state index < -0.39 is 0 Å². The number of aryl methyl sites for hydroxylation is 1. The molecule has 0 radical (unpaired) electrons. The second kappa shape index (κ2) is 5.22. The van der Waals surface area contributed by atoms with Crippen molar-refractivity contribution in [2.45, 2.75) is 24.0 Å². The summed E-state index contributed by atoms with van der Waals surface area (Å²) in [6, 6.07) is 5.89. The summed E-state index contributed by atoms with van der Waals surface area (Å²) in [6.07, 6.45) is 1.69. The summed E-state index contributed by atoms with van der Waals surface area (Å²) in [5.74, 6) is 2.13. The van der Waals surface area contributed by atoms with Crippen LogP contribution in [0.1, 0.15) is 23.8 Å². The summed E-state index contributed by atoms with van der Waals surface area (Å²) in [5, 5.41) is 10.3. The van der Waals surface area contributed by atoms with E-state index in [2.05, 4.69) is 10.2 Å². The van der Waals surface area contributed by atoms with Gasteiger partial charge in [-0.05, 0) is 31.4 Å². The molecular formula is C13H12N2O2S2. The van der Waals surface area contributed by atoms with E-state index in [9.17, 15) is 0 Å². The Hall–Kier alpha value is -1.53. The Balaban J connectivity index is 1.77. The van der Waals surface area contributed by atoms with Crippen molar-refractivity contribution in [2.24, 2.45) is 0 Å². The van der Waals surface area contributed by atoms with Crippen LogP contribution in [0.4, 0.5) is 0 Å². The molecule has 3 aromatic rings. The van der Waals surface area contributed by atoms with Crippen molar-refractivity contribution in [3.8, 4) is 10.8 Å². The first kappa shape index (κ1) is 12.5. The highest BCUT2D eigenvalue weighted by molar-refractivity contribution is 7.99. The molecule has 19 heavy (non-hydrogen) atoms. The molecule has 0 aromatic carbocycles. The lowest BCUT2D eigenvalue weighted by molar-refractivity contribution is 0.509. The lowest BCUT2D eigenvalue weighted by Crippen LogP contribution is -1.88. The third kappa shape index (κ3) is 2.59. The highest BCUT2D eigenvalue weighted by atomic mass is 32.2. The zero-order chi connectivity index (χ0) is 13.2. The van der Waals surface area contributed by atoms with Crippen LogP contribution in [0.2, 0.25) is 0 Å². The third-order valence-electron chi connectivity index (χ3n) is 2.64. The van der Waals surface area contributed by atoms with E-state index in [0.717, 1.165) is 15.5 Å². The highest BCUT2D eigenvalue weighted by Crippen LogP contribution is 2.37. The summed E-state index contributed by atoms with van der Waals surface area (Å²) in [4.78, 5) is 2.10. The lowest BCUT2D eigenvalue weighted by Gasteiger charge is -2.04. The molecule has 0 aliphatic carbocycles. The Morgan fingerprint density at radius 1 is 1.32 bits per heavy atom. The van der Waals surface area contributed by atoms with Crippen LogP contribution in [-0.2, 0) is 0 Å². The van der Waals surface area contributed by atoms with Gasteiger partial charge in [0.2, 0.25) is 5.89 Å². The molecule has 0 amide bonds. The fourth-order valence-corrected chi connectivity index (χ4v) is 3.20. The molecule has 0 saturated heterocycles. The average Bonchev–Trinajstić information content (AvgIpc) is 3.09. The molecular weight excluding hydrogens is 280 g/mol. The molecule has 3 rings (SSSR count). The molecule has 3 heterocycles. The Kier molecular flexibility index (Phi) is 3.44. The van der Waals surface area contributed by atoms with Crippen LogP contribution in [0.25, 0.3) is 10.8 Å². The van der Waals surface area contributed by atoms with Crippen LogP contribution in [0.5, 0.6) is 0 Å². The van der Waals surface area contributed by atoms with E-state index in [-0.39, 0.29) is 5.25 Å². The van der Waals surface area contributed by atoms with Gasteiger partial charge in [-0.1, -0.05) is 6.07 Å². The normalized spacial score (nSPS) is 12.7. The van der Waals surface area contributed by atoms with E-state index in [1.807, 2.05) is 37.4 Å². The van der Waals surface area contributed by atoms with Gasteiger partial charge in [0.1, 0.15) is 5.76 Å². The quantitative estimate of drug-likeness (QED) is 0.660. The number of aromatic nitrogens is 2. The maximum atomic E-state index is 5.72. The Bertz CT molecular complexity index is 658. The molecule has 1 atom stereocenters. The first-order valence-corrected chi connectivity index (χ1v) is 7.58. The van der Waals surface area contributed by atoms with Crippen molar-refractivity contribution in [1.82, 2.24) is 10.2 Å². The predicted octanol–water partition coefficient (Wildman–Crippen LogP) is 4.55. The minimum Gasteiger partial charge on any atom is -0.468 e. The summed E-state index contributed by atoms with van der Waals surface area (Å²) in [7, 11) is 0. The van der Waals surface area contributed by atoms with Crippen LogP contribution < -0.4 is 0 Å². The monoisotopic (exact) mass is 292 g/mol. The lowest BCUT2D eigenvalue weighted by atomic mass is 10.5. The van der Waals surface area contributed by atoms with Gasteiger partial charge in [0.15, 0.2) is 0 Å². The summed E-state index contributed by atoms with van der Waals surface area (Å²) >= 11 is 3.24. The molecule has 6 heteroatoms. The molecule has 0 N–H and O–H groups in total. The number of rotatable bonds is 4. The van der Waals surface area contributed by atoms with Crippen molar-refractivity contribution in [3.63, 3.8) is 0 Å². The number of thioether (sulfide) groups is 1. The van der Waals surface area contributed by atoms with Gasteiger partial charge in [-0.3, -0.25) is 0 Å². The molecule has 0 aliphatic heterocycles. The van der Waals surface area contributed by atoms with Gasteiger partial charge < -0.3 is 8.83 Å². The molecule has 0 aliphatic rings. The Labute approximate surface area is 118 Å². The third-order valence-corrected chi connectivity index (χ3v) is 4.73. The molecule has 3 aromatic heterocycles. The molecule has 0 saturated carbocycles. The smallest absolute Gasteiger partial charge is 0.257 e. The molecule has 0 spiro atoms. The molecule has 0 bridgehead atoms. The zero-order valence-electron chi connectivity index (χ0n) is 10.5. The van der Waals surface area contributed by atoms with E-state index in [4.69, 9.17) is 8.83 Å². The second-order valence-electron chi connectivity index (χ2n) is 4.02. The minimum atomic E-state index is 0.0949. The fraction of sp³-hybridized carbons (Fsp3) is 0.231. The van der Waals surface area contributed by atoms with Crippen LogP contribution in [-0.4, -0.2) is 10.2 Å². The van der Waals surface area contributed by atoms with Crippen LogP contribution in [0, 0.1) is 6.92 Å². The van der Waals surface area contributed by atoms with Crippen molar-refractivity contribution in [1.29, 1.82) is 0 Å². The number of thiophene rings is 1. The van der Waals surface area contributed by atoms with E-state index in [1.54, 1.807) is 29.4 Å². The van der Waals surface area contributed by atoms with Gasteiger partial charge in [0.25, 0.3) is 5.89 Å². The summed E-state index contributed by atoms with van der Waals surface area (Å²) in [6.45, 7) is 3.99. The zero-order valence-corrected chi connectivity index (χ0v) is 12.1. The van der Waals surface area contributed by atoms with Gasteiger partial charge >= 0.3 is 0 Å². The average molecular weight is 292 g/mol. The van der Waals surface area contributed by atoms with E-state index >= 15 is 0 Å². The van der Waals surface area contributed by atoms with E-state index in [0.29, 0.717) is 11.8 Å². The van der Waals surface area contributed by atoms with Gasteiger partial charge in [0, 0.05) is 4.90 Å².